The van der Waals surface area contributed by atoms with E-state index < -0.39 is 0 Å². The van der Waals surface area contributed by atoms with E-state index in [0.717, 1.165) is 0 Å². The molecule has 4 N–H and O–H groups in total. The molecular formula is C11H11N5O. The van der Waals surface area contributed by atoms with Gasteiger partial charge in [0, 0.05) is 18.0 Å². The molecule has 1 amide bonds. The predicted molar refractivity (Wildman–Crippen MR) is 64.2 cm³/mol. The zero-order chi connectivity index (χ0) is 12.1. The highest BCUT2D eigenvalue weighted by Crippen LogP contribution is 2.09. The third kappa shape index (κ3) is 2.76. The summed E-state index contributed by atoms with van der Waals surface area (Å²) in [7, 11) is 0. The Morgan fingerprint density at radius 2 is 2.18 bits per heavy atom. The van der Waals surface area contributed by atoms with E-state index in [1.165, 1.54) is 6.20 Å². The fourth-order valence-corrected chi connectivity index (χ4v) is 1.29. The predicted octanol–water partition coefficient (Wildman–Crippen LogP) is 1.01. The third-order valence-corrected chi connectivity index (χ3v) is 2.09. The van der Waals surface area contributed by atoms with Crippen LogP contribution in [0.2, 0.25) is 0 Å². The van der Waals surface area contributed by atoms with Crippen LogP contribution in [0.4, 0.5) is 11.5 Å². The van der Waals surface area contributed by atoms with Gasteiger partial charge in [-0.05, 0) is 24.3 Å². The van der Waals surface area contributed by atoms with Gasteiger partial charge < -0.3 is 10.7 Å². The summed E-state index contributed by atoms with van der Waals surface area (Å²) in [6, 6.07) is 6.67. The molecule has 2 rings (SSSR count). The highest BCUT2D eigenvalue weighted by molar-refractivity contribution is 6.04. The Bertz CT molecular complexity index is 514. The SMILES string of the molecule is NNc1cc(C(=O)Nc2cccnc2)ccn1. The van der Waals surface area contributed by atoms with E-state index in [2.05, 4.69) is 20.7 Å². The fourth-order valence-electron chi connectivity index (χ4n) is 1.29. The number of carbonyl (C=O) groups is 1. The smallest absolute Gasteiger partial charge is 0.255 e. The number of nitrogens with two attached hydrogens (primary N) is 1. The second-order valence-corrected chi connectivity index (χ2v) is 3.27. The van der Waals surface area contributed by atoms with Crippen molar-refractivity contribution in [3.8, 4) is 0 Å². The number of nitrogen functional groups attached to an aromatic ring is 1. The topological polar surface area (TPSA) is 92.9 Å². The average Bonchev–Trinajstić information content (AvgIpc) is 2.40. The zero-order valence-corrected chi connectivity index (χ0v) is 8.92. The van der Waals surface area contributed by atoms with Crippen LogP contribution in [-0.2, 0) is 0 Å². The lowest BCUT2D eigenvalue weighted by molar-refractivity contribution is 0.102. The molecule has 0 saturated carbocycles. The Balaban J connectivity index is 2.14. The summed E-state index contributed by atoms with van der Waals surface area (Å²) < 4.78 is 0. The normalized spacial score (nSPS) is 9.71. The number of carbonyl (C=O) groups excluding carboxylic acids is 1. The van der Waals surface area contributed by atoms with Gasteiger partial charge in [0.05, 0.1) is 11.9 Å². The van der Waals surface area contributed by atoms with Crippen LogP contribution >= 0.6 is 0 Å². The standard InChI is InChI=1S/C11H11N5O/c12-16-10-6-8(3-5-14-10)11(17)15-9-2-1-4-13-7-9/h1-7H,12H2,(H,14,16)(H,15,17). The number of pyridine rings is 2. The first kappa shape index (κ1) is 11.0. The molecule has 0 saturated heterocycles. The van der Waals surface area contributed by atoms with E-state index in [9.17, 15) is 4.79 Å². The van der Waals surface area contributed by atoms with Gasteiger partial charge in [-0.25, -0.2) is 10.8 Å². The number of nitrogens with zero attached hydrogens (tertiary/aromatic N) is 2. The summed E-state index contributed by atoms with van der Waals surface area (Å²) >= 11 is 0. The molecular weight excluding hydrogens is 218 g/mol. The zero-order valence-electron chi connectivity index (χ0n) is 8.92. The summed E-state index contributed by atoms with van der Waals surface area (Å²) in [5, 5.41) is 2.71. The molecule has 0 aliphatic rings. The maximum atomic E-state index is 11.8. The molecule has 2 aromatic heterocycles. The molecule has 0 radical (unpaired) electrons. The van der Waals surface area contributed by atoms with Crippen LogP contribution in [0.15, 0.2) is 42.9 Å². The number of aromatic nitrogens is 2. The molecule has 6 nitrogen and oxygen atoms in total. The lowest BCUT2D eigenvalue weighted by Crippen LogP contribution is -2.14. The van der Waals surface area contributed by atoms with E-state index >= 15 is 0 Å². The van der Waals surface area contributed by atoms with Crippen molar-refractivity contribution in [2.75, 3.05) is 10.7 Å². The molecule has 17 heavy (non-hydrogen) atoms. The number of anilines is 2. The molecule has 0 aliphatic heterocycles. The molecule has 0 fully saturated rings. The van der Waals surface area contributed by atoms with Crippen LogP contribution in [0.5, 0.6) is 0 Å². The van der Waals surface area contributed by atoms with Crippen LogP contribution in [0.3, 0.4) is 0 Å². The van der Waals surface area contributed by atoms with Gasteiger partial charge in [0.2, 0.25) is 0 Å². The number of hydrazine groups is 1. The minimum absolute atomic E-state index is 0.239. The highest BCUT2D eigenvalue weighted by atomic mass is 16.1. The molecule has 86 valence electrons. The van der Waals surface area contributed by atoms with Gasteiger partial charge in [-0.2, -0.15) is 0 Å². The lowest BCUT2D eigenvalue weighted by atomic mass is 10.2. The number of hydrogen-bond donors (Lipinski definition) is 3. The van der Waals surface area contributed by atoms with Crippen molar-refractivity contribution in [1.29, 1.82) is 0 Å². The molecule has 2 heterocycles. The van der Waals surface area contributed by atoms with Gasteiger partial charge in [-0.1, -0.05) is 0 Å². The van der Waals surface area contributed by atoms with Gasteiger partial charge in [0.25, 0.3) is 5.91 Å². The van der Waals surface area contributed by atoms with Gasteiger partial charge in [0.15, 0.2) is 0 Å². The van der Waals surface area contributed by atoms with Crippen molar-refractivity contribution in [3.05, 3.63) is 48.4 Å². The first-order valence-electron chi connectivity index (χ1n) is 4.93. The highest BCUT2D eigenvalue weighted by Gasteiger charge is 2.06. The minimum atomic E-state index is -0.239. The maximum absolute atomic E-state index is 11.8. The summed E-state index contributed by atoms with van der Waals surface area (Å²) in [6.45, 7) is 0. The molecule has 0 unspecified atom stereocenters. The Hall–Kier alpha value is -2.47. The fraction of sp³-hybridized carbons (Fsp3) is 0. The second-order valence-electron chi connectivity index (χ2n) is 3.27. The van der Waals surface area contributed by atoms with Crippen molar-refractivity contribution in [2.24, 2.45) is 5.84 Å². The Kier molecular flexibility index (Phi) is 3.27. The van der Waals surface area contributed by atoms with E-state index in [1.807, 2.05) is 0 Å². The molecule has 2 aromatic rings. The molecule has 0 bridgehead atoms. The van der Waals surface area contributed by atoms with Gasteiger partial charge in [-0.15, -0.1) is 0 Å². The van der Waals surface area contributed by atoms with Gasteiger partial charge >= 0.3 is 0 Å². The number of rotatable bonds is 3. The van der Waals surface area contributed by atoms with Crippen LogP contribution in [0.25, 0.3) is 0 Å². The molecule has 0 spiro atoms. The van der Waals surface area contributed by atoms with Crippen LogP contribution in [0, 0.1) is 0 Å². The van der Waals surface area contributed by atoms with E-state index in [1.54, 1.807) is 36.7 Å². The molecule has 0 atom stereocenters. The quantitative estimate of drug-likeness (QED) is 0.539. The summed E-state index contributed by atoms with van der Waals surface area (Å²) in [5.41, 5.74) is 3.49. The Morgan fingerprint density at radius 3 is 2.88 bits per heavy atom. The first-order chi connectivity index (χ1) is 8.29. The number of nitrogens with one attached hydrogen (secondary N) is 2. The minimum Gasteiger partial charge on any atom is -0.321 e. The average molecular weight is 229 g/mol. The van der Waals surface area contributed by atoms with Crippen molar-refractivity contribution < 1.29 is 4.79 Å². The van der Waals surface area contributed by atoms with Crippen molar-refractivity contribution in [1.82, 2.24) is 9.97 Å². The Morgan fingerprint density at radius 1 is 1.29 bits per heavy atom. The van der Waals surface area contributed by atoms with E-state index in [0.29, 0.717) is 17.1 Å². The molecule has 0 aromatic carbocycles. The maximum Gasteiger partial charge on any atom is 0.255 e. The summed E-state index contributed by atoms with van der Waals surface area (Å²) in [6.07, 6.45) is 4.72. The number of amides is 1. The van der Waals surface area contributed by atoms with Crippen molar-refractivity contribution in [3.63, 3.8) is 0 Å². The van der Waals surface area contributed by atoms with Crippen molar-refractivity contribution >= 4 is 17.4 Å². The van der Waals surface area contributed by atoms with Crippen LogP contribution in [-0.4, -0.2) is 15.9 Å². The lowest BCUT2D eigenvalue weighted by Gasteiger charge is -2.05. The Labute approximate surface area is 97.9 Å². The van der Waals surface area contributed by atoms with Crippen LogP contribution in [0.1, 0.15) is 10.4 Å². The summed E-state index contributed by atoms with van der Waals surface area (Å²) in [5.74, 6) is 5.41. The van der Waals surface area contributed by atoms with Crippen molar-refractivity contribution in [2.45, 2.75) is 0 Å². The van der Waals surface area contributed by atoms with Gasteiger partial charge in [0.1, 0.15) is 5.82 Å². The number of hydrogen-bond acceptors (Lipinski definition) is 5. The monoisotopic (exact) mass is 229 g/mol. The molecule has 6 heteroatoms. The molecule has 0 aliphatic carbocycles. The third-order valence-electron chi connectivity index (χ3n) is 2.09. The van der Waals surface area contributed by atoms with E-state index in [4.69, 9.17) is 5.84 Å². The largest absolute Gasteiger partial charge is 0.321 e. The van der Waals surface area contributed by atoms with E-state index in [-0.39, 0.29) is 5.91 Å². The van der Waals surface area contributed by atoms with Crippen LogP contribution < -0.4 is 16.6 Å². The summed E-state index contributed by atoms with van der Waals surface area (Å²) in [4.78, 5) is 19.7. The second kappa shape index (κ2) is 5.04. The first-order valence-corrected chi connectivity index (χ1v) is 4.93. The van der Waals surface area contributed by atoms with Gasteiger partial charge in [-0.3, -0.25) is 9.78 Å².